The molecule has 0 saturated heterocycles. The summed E-state index contributed by atoms with van der Waals surface area (Å²) in [7, 11) is -3.33. The van der Waals surface area contributed by atoms with Crippen LogP contribution >= 0.6 is 0 Å². The summed E-state index contributed by atoms with van der Waals surface area (Å²) in [5.74, 6) is -0.528. The second-order valence-corrected chi connectivity index (χ2v) is 6.60. The first kappa shape index (κ1) is 17.5. The van der Waals surface area contributed by atoms with Crippen molar-refractivity contribution in [2.24, 2.45) is 0 Å². The van der Waals surface area contributed by atoms with Crippen molar-refractivity contribution in [2.45, 2.75) is 26.1 Å². The van der Waals surface area contributed by atoms with Gasteiger partial charge in [0, 0.05) is 18.9 Å². The van der Waals surface area contributed by atoms with Crippen molar-refractivity contribution in [3.8, 4) is 0 Å². The Morgan fingerprint density at radius 1 is 1.43 bits per heavy atom. The quantitative estimate of drug-likeness (QED) is 0.705. The van der Waals surface area contributed by atoms with Gasteiger partial charge in [0.15, 0.2) is 0 Å². The van der Waals surface area contributed by atoms with Crippen LogP contribution < -0.4 is 4.72 Å². The second-order valence-electron chi connectivity index (χ2n) is 4.77. The SMILES string of the molecule is CC(C)O[C@@H](CNS(C)(=O)=O)COC(=O)c1cccnc1. The molecule has 1 aromatic heterocycles. The fraction of sp³-hybridized carbons (Fsp3) is 0.538. The lowest BCUT2D eigenvalue weighted by atomic mass is 10.3. The molecule has 0 bridgehead atoms. The second kappa shape index (κ2) is 8.06. The number of nitrogens with zero attached hydrogens (tertiary/aromatic N) is 1. The van der Waals surface area contributed by atoms with Crippen LogP contribution in [0.25, 0.3) is 0 Å². The normalized spacial score (nSPS) is 13.1. The first-order valence-corrected chi connectivity index (χ1v) is 8.34. The van der Waals surface area contributed by atoms with E-state index in [0.717, 1.165) is 6.26 Å². The summed E-state index contributed by atoms with van der Waals surface area (Å²) in [6, 6.07) is 3.21. The third-order valence-electron chi connectivity index (χ3n) is 2.34. The van der Waals surface area contributed by atoms with Gasteiger partial charge in [0.2, 0.25) is 10.0 Å². The highest BCUT2D eigenvalue weighted by Gasteiger charge is 2.17. The molecule has 0 aliphatic rings. The Bertz CT molecular complexity index is 545. The van der Waals surface area contributed by atoms with Gasteiger partial charge in [-0.05, 0) is 26.0 Å². The molecule has 0 aliphatic heterocycles. The van der Waals surface area contributed by atoms with E-state index in [1.54, 1.807) is 18.3 Å². The fourth-order valence-corrected chi connectivity index (χ4v) is 2.00. The Labute approximate surface area is 124 Å². The van der Waals surface area contributed by atoms with Gasteiger partial charge in [-0.3, -0.25) is 4.98 Å². The van der Waals surface area contributed by atoms with Gasteiger partial charge in [-0.15, -0.1) is 0 Å². The summed E-state index contributed by atoms with van der Waals surface area (Å²) >= 11 is 0. The first-order valence-electron chi connectivity index (χ1n) is 6.45. The highest BCUT2D eigenvalue weighted by Crippen LogP contribution is 2.03. The van der Waals surface area contributed by atoms with E-state index in [1.165, 1.54) is 6.20 Å². The summed E-state index contributed by atoms with van der Waals surface area (Å²) in [5, 5.41) is 0. The third kappa shape index (κ3) is 7.74. The van der Waals surface area contributed by atoms with Crippen molar-refractivity contribution in [3.05, 3.63) is 30.1 Å². The van der Waals surface area contributed by atoms with Gasteiger partial charge in [-0.2, -0.15) is 0 Å². The maximum Gasteiger partial charge on any atom is 0.339 e. The number of carbonyl (C=O) groups is 1. The summed E-state index contributed by atoms with van der Waals surface area (Å²) in [6.45, 7) is 3.62. The molecule has 0 spiro atoms. The highest BCUT2D eigenvalue weighted by molar-refractivity contribution is 7.88. The maximum atomic E-state index is 11.8. The van der Waals surface area contributed by atoms with E-state index < -0.39 is 22.1 Å². The molecule has 8 heteroatoms. The summed E-state index contributed by atoms with van der Waals surface area (Å²) in [6.07, 6.45) is 3.34. The van der Waals surface area contributed by atoms with Crippen LogP contribution in [-0.4, -0.2) is 51.0 Å². The van der Waals surface area contributed by atoms with E-state index in [0.29, 0.717) is 5.56 Å². The minimum Gasteiger partial charge on any atom is -0.459 e. The molecule has 0 aliphatic carbocycles. The molecule has 0 fully saturated rings. The van der Waals surface area contributed by atoms with E-state index in [1.807, 2.05) is 13.8 Å². The lowest BCUT2D eigenvalue weighted by Gasteiger charge is -2.20. The van der Waals surface area contributed by atoms with E-state index in [-0.39, 0.29) is 19.3 Å². The molecule has 0 amide bonds. The highest BCUT2D eigenvalue weighted by atomic mass is 32.2. The van der Waals surface area contributed by atoms with Crippen LogP contribution in [0.4, 0.5) is 0 Å². The topological polar surface area (TPSA) is 94.6 Å². The number of nitrogens with one attached hydrogen (secondary N) is 1. The minimum absolute atomic E-state index is 0.0390. The Kier molecular flexibility index (Phi) is 6.73. The molecule has 7 nitrogen and oxygen atoms in total. The van der Waals surface area contributed by atoms with E-state index in [9.17, 15) is 13.2 Å². The van der Waals surface area contributed by atoms with Gasteiger partial charge in [-0.1, -0.05) is 0 Å². The molecule has 1 heterocycles. The van der Waals surface area contributed by atoms with Crippen LogP contribution in [0.15, 0.2) is 24.5 Å². The lowest BCUT2D eigenvalue weighted by molar-refractivity contribution is -0.0310. The van der Waals surface area contributed by atoms with Crippen molar-refractivity contribution in [3.63, 3.8) is 0 Å². The molecule has 0 radical (unpaired) electrons. The zero-order valence-electron chi connectivity index (χ0n) is 12.3. The van der Waals surface area contributed by atoms with Crippen LogP contribution in [0.3, 0.4) is 0 Å². The predicted molar refractivity (Wildman–Crippen MR) is 77.4 cm³/mol. The van der Waals surface area contributed by atoms with Crippen molar-refractivity contribution in [1.29, 1.82) is 0 Å². The lowest BCUT2D eigenvalue weighted by Crippen LogP contribution is -2.37. The van der Waals surface area contributed by atoms with E-state index in [4.69, 9.17) is 9.47 Å². The van der Waals surface area contributed by atoms with Crippen molar-refractivity contribution in [2.75, 3.05) is 19.4 Å². The first-order chi connectivity index (χ1) is 9.78. The number of rotatable bonds is 8. The third-order valence-corrected chi connectivity index (χ3v) is 3.03. The van der Waals surface area contributed by atoms with E-state index in [2.05, 4.69) is 9.71 Å². The fourth-order valence-electron chi connectivity index (χ4n) is 1.51. The molecule has 1 rings (SSSR count). The van der Waals surface area contributed by atoms with Crippen LogP contribution in [-0.2, 0) is 19.5 Å². The van der Waals surface area contributed by atoms with E-state index >= 15 is 0 Å². The van der Waals surface area contributed by atoms with Crippen molar-refractivity contribution >= 4 is 16.0 Å². The Hall–Kier alpha value is -1.51. The zero-order chi connectivity index (χ0) is 15.9. The summed E-state index contributed by atoms with van der Waals surface area (Å²) < 4.78 is 35.2. The van der Waals surface area contributed by atoms with Crippen molar-refractivity contribution < 1.29 is 22.7 Å². The Morgan fingerprint density at radius 3 is 2.67 bits per heavy atom. The maximum absolute atomic E-state index is 11.8. The summed E-state index contributed by atoms with van der Waals surface area (Å²) in [4.78, 5) is 15.6. The Balaban J connectivity index is 2.54. The summed E-state index contributed by atoms with van der Waals surface area (Å²) in [5.41, 5.74) is 0.330. The van der Waals surface area contributed by atoms with Gasteiger partial charge in [0.05, 0.1) is 17.9 Å². The molecule has 118 valence electrons. The Morgan fingerprint density at radius 2 is 2.14 bits per heavy atom. The number of aromatic nitrogens is 1. The molecule has 21 heavy (non-hydrogen) atoms. The largest absolute Gasteiger partial charge is 0.459 e. The number of ether oxygens (including phenoxy) is 2. The minimum atomic E-state index is -3.33. The van der Waals surface area contributed by atoms with Crippen molar-refractivity contribution in [1.82, 2.24) is 9.71 Å². The number of hydrogen-bond donors (Lipinski definition) is 1. The zero-order valence-corrected chi connectivity index (χ0v) is 13.1. The molecule has 1 aromatic rings. The molecule has 1 atom stereocenters. The van der Waals surface area contributed by atoms with Gasteiger partial charge in [-0.25, -0.2) is 17.9 Å². The monoisotopic (exact) mass is 316 g/mol. The molecular weight excluding hydrogens is 296 g/mol. The molecular formula is C13H20N2O5S. The number of esters is 1. The number of carbonyl (C=O) groups excluding carboxylic acids is 1. The number of hydrogen-bond acceptors (Lipinski definition) is 6. The van der Waals surface area contributed by atoms with Crippen LogP contribution in [0, 0.1) is 0 Å². The van der Waals surface area contributed by atoms with Crippen LogP contribution in [0.5, 0.6) is 0 Å². The molecule has 0 saturated carbocycles. The smallest absolute Gasteiger partial charge is 0.339 e. The molecule has 1 N–H and O–H groups in total. The van der Waals surface area contributed by atoms with Gasteiger partial charge >= 0.3 is 5.97 Å². The van der Waals surface area contributed by atoms with Gasteiger partial charge in [0.25, 0.3) is 0 Å². The molecule has 0 unspecified atom stereocenters. The molecule has 0 aromatic carbocycles. The average Bonchev–Trinajstić information content (AvgIpc) is 2.41. The number of pyridine rings is 1. The van der Waals surface area contributed by atoms with Gasteiger partial charge in [0.1, 0.15) is 12.7 Å². The number of sulfonamides is 1. The van der Waals surface area contributed by atoms with Gasteiger partial charge < -0.3 is 9.47 Å². The van der Waals surface area contributed by atoms with Crippen LogP contribution in [0.1, 0.15) is 24.2 Å². The van der Waals surface area contributed by atoms with Crippen LogP contribution in [0.2, 0.25) is 0 Å². The standard InChI is InChI=1S/C13H20N2O5S/c1-10(2)20-12(8-15-21(3,17)18)9-19-13(16)11-5-4-6-14-7-11/h4-7,10,12,15H,8-9H2,1-3H3/t12-/m0/s1. The average molecular weight is 316 g/mol. The predicted octanol–water partition coefficient (Wildman–Crippen LogP) is 0.581.